The van der Waals surface area contributed by atoms with E-state index in [4.69, 9.17) is 27.6 Å². The van der Waals surface area contributed by atoms with Gasteiger partial charge in [-0.2, -0.15) is 0 Å². The first-order valence-corrected chi connectivity index (χ1v) is 9.96. The number of hydrogen-bond acceptors (Lipinski definition) is 3. The van der Waals surface area contributed by atoms with Crippen molar-refractivity contribution in [2.45, 2.75) is 13.3 Å². The van der Waals surface area contributed by atoms with Gasteiger partial charge in [-0.3, -0.25) is 4.79 Å². The molecular formula is C23H18Cl2N2O2. The average Bonchev–Trinajstić information content (AvgIpc) is 3.12. The lowest BCUT2D eigenvalue weighted by Gasteiger charge is -2.07. The lowest BCUT2D eigenvalue weighted by molar-refractivity contribution is 0.0954. The summed E-state index contributed by atoms with van der Waals surface area (Å²) in [5, 5.41) is 3.87. The first kappa shape index (κ1) is 19.5. The number of carbonyl (C=O) groups is 1. The number of nitrogens with zero attached hydrogens (tertiary/aromatic N) is 1. The van der Waals surface area contributed by atoms with Crippen molar-refractivity contribution in [1.29, 1.82) is 0 Å². The van der Waals surface area contributed by atoms with E-state index in [2.05, 4.69) is 29.4 Å². The standard InChI is InChI=1S/C23H18Cl2N2O2/c1-14-5-2-3-6-15(14)11-12-26-22(28)16-9-10-19-20(13-16)29-23(27-19)21-17(24)7-4-8-18(21)25/h2-10,13H,11-12H2,1H3,(H,26,28). The van der Waals surface area contributed by atoms with Crippen LogP contribution in [-0.4, -0.2) is 17.4 Å². The third-order valence-corrected chi connectivity index (χ3v) is 5.40. The molecule has 0 saturated heterocycles. The minimum absolute atomic E-state index is 0.158. The third kappa shape index (κ3) is 4.14. The van der Waals surface area contributed by atoms with Gasteiger partial charge in [0.05, 0.1) is 15.6 Å². The van der Waals surface area contributed by atoms with E-state index in [0.717, 1.165) is 6.42 Å². The van der Waals surface area contributed by atoms with Gasteiger partial charge in [-0.05, 0) is 54.8 Å². The Labute approximate surface area is 178 Å². The molecule has 0 aliphatic rings. The molecule has 0 fully saturated rings. The van der Waals surface area contributed by atoms with Crippen molar-refractivity contribution in [1.82, 2.24) is 10.3 Å². The summed E-state index contributed by atoms with van der Waals surface area (Å²) in [5.41, 5.74) is 4.62. The highest BCUT2D eigenvalue weighted by molar-refractivity contribution is 6.38. The highest BCUT2D eigenvalue weighted by Gasteiger charge is 2.16. The molecule has 6 heteroatoms. The second-order valence-corrected chi connectivity index (χ2v) is 7.54. The number of nitrogens with one attached hydrogen (secondary N) is 1. The molecular weight excluding hydrogens is 407 g/mol. The summed E-state index contributed by atoms with van der Waals surface area (Å²) in [6, 6.07) is 18.5. The third-order valence-electron chi connectivity index (χ3n) is 4.77. The molecule has 0 radical (unpaired) electrons. The number of aromatic nitrogens is 1. The molecule has 4 rings (SSSR count). The van der Waals surface area contributed by atoms with Gasteiger partial charge in [0, 0.05) is 12.1 Å². The molecule has 1 N–H and O–H groups in total. The number of amides is 1. The summed E-state index contributed by atoms with van der Waals surface area (Å²) in [7, 11) is 0. The molecule has 4 aromatic rings. The molecule has 1 heterocycles. The zero-order valence-electron chi connectivity index (χ0n) is 15.7. The van der Waals surface area contributed by atoms with Gasteiger partial charge < -0.3 is 9.73 Å². The van der Waals surface area contributed by atoms with Crippen molar-refractivity contribution in [2.75, 3.05) is 6.54 Å². The Balaban J connectivity index is 1.51. The smallest absolute Gasteiger partial charge is 0.251 e. The summed E-state index contributed by atoms with van der Waals surface area (Å²) in [6.07, 6.45) is 0.776. The van der Waals surface area contributed by atoms with Gasteiger partial charge in [-0.25, -0.2) is 4.98 Å². The van der Waals surface area contributed by atoms with Crippen LogP contribution in [0.1, 0.15) is 21.5 Å². The zero-order valence-corrected chi connectivity index (χ0v) is 17.2. The molecule has 0 atom stereocenters. The van der Waals surface area contributed by atoms with Crippen LogP contribution in [-0.2, 0) is 6.42 Å². The summed E-state index contributed by atoms with van der Waals surface area (Å²) in [5.74, 6) is 0.168. The van der Waals surface area contributed by atoms with Crippen LogP contribution in [0.25, 0.3) is 22.6 Å². The van der Waals surface area contributed by atoms with Crippen molar-refractivity contribution < 1.29 is 9.21 Å². The van der Waals surface area contributed by atoms with Gasteiger partial charge in [0.1, 0.15) is 5.52 Å². The van der Waals surface area contributed by atoms with E-state index in [1.54, 1.807) is 36.4 Å². The maximum atomic E-state index is 12.5. The minimum Gasteiger partial charge on any atom is -0.436 e. The maximum Gasteiger partial charge on any atom is 0.251 e. The lowest BCUT2D eigenvalue weighted by Crippen LogP contribution is -2.25. The Kier molecular flexibility index (Phi) is 5.56. The van der Waals surface area contributed by atoms with Gasteiger partial charge in [0.25, 0.3) is 5.91 Å². The fourth-order valence-electron chi connectivity index (χ4n) is 3.18. The van der Waals surface area contributed by atoms with Gasteiger partial charge >= 0.3 is 0 Å². The predicted octanol–water partition coefficient (Wildman–Crippen LogP) is 6.08. The molecule has 3 aromatic carbocycles. The maximum absolute atomic E-state index is 12.5. The zero-order chi connectivity index (χ0) is 20.4. The van der Waals surface area contributed by atoms with Crippen molar-refractivity contribution in [3.8, 4) is 11.5 Å². The van der Waals surface area contributed by atoms with Crippen LogP contribution in [0.2, 0.25) is 10.0 Å². The molecule has 4 nitrogen and oxygen atoms in total. The van der Waals surface area contributed by atoms with E-state index in [1.165, 1.54) is 11.1 Å². The van der Waals surface area contributed by atoms with Crippen LogP contribution in [0.15, 0.2) is 65.1 Å². The van der Waals surface area contributed by atoms with Crippen molar-refractivity contribution in [2.24, 2.45) is 0 Å². The second-order valence-electron chi connectivity index (χ2n) is 6.73. The first-order chi connectivity index (χ1) is 14.0. The SMILES string of the molecule is Cc1ccccc1CCNC(=O)c1ccc2nc(-c3c(Cl)cccc3Cl)oc2c1. The molecule has 0 aliphatic heterocycles. The number of fused-ring (bicyclic) bond motifs is 1. The molecule has 1 aromatic heterocycles. The summed E-state index contributed by atoms with van der Waals surface area (Å²) >= 11 is 12.5. The Bertz CT molecular complexity index is 1180. The molecule has 146 valence electrons. The Morgan fingerprint density at radius 1 is 1.03 bits per heavy atom. The number of aryl methyl sites for hydroxylation is 1. The van der Waals surface area contributed by atoms with Gasteiger partial charge in [-0.1, -0.05) is 53.5 Å². The number of carbonyl (C=O) groups excluding carboxylic acids is 1. The Hall–Kier alpha value is -2.82. The van der Waals surface area contributed by atoms with Crippen LogP contribution in [0.3, 0.4) is 0 Å². The molecule has 0 aliphatic carbocycles. The largest absolute Gasteiger partial charge is 0.436 e. The van der Waals surface area contributed by atoms with E-state index < -0.39 is 0 Å². The van der Waals surface area contributed by atoms with E-state index >= 15 is 0 Å². The quantitative estimate of drug-likeness (QED) is 0.422. The fourth-order valence-corrected chi connectivity index (χ4v) is 3.74. The van der Waals surface area contributed by atoms with Gasteiger partial charge in [-0.15, -0.1) is 0 Å². The normalized spacial score (nSPS) is 11.0. The highest BCUT2D eigenvalue weighted by Crippen LogP contribution is 2.35. The monoisotopic (exact) mass is 424 g/mol. The van der Waals surface area contributed by atoms with E-state index in [0.29, 0.717) is 44.7 Å². The second kappa shape index (κ2) is 8.27. The summed E-state index contributed by atoms with van der Waals surface area (Å²) in [4.78, 5) is 17.0. The minimum atomic E-state index is -0.158. The summed E-state index contributed by atoms with van der Waals surface area (Å²) < 4.78 is 5.84. The van der Waals surface area contributed by atoms with Crippen LogP contribution >= 0.6 is 23.2 Å². The molecule has 0 bridgehead atoms. The summed E-state index contributed by atoms with van der Waals surface area (Å²) in [6.45, 7) is 2.62. The fraction of sp³-hybridized carbons (Fsp3) is 0.130. The molecule has 0 unspecified atom stereocenters. The van der Waals surface area contributed by atoms with Crippen molar-refractivity contribution in [3.05, 3.63) is 87.4 Å². The van der Waals surface area contributed by atoms with E-state index in [1.807, 2.05) is 12.1 Å². The molecule has 29 heavy (non-hydrogen) atoms. The lowest BCUT2D eigenvalue weighted by atomic mass is 10.1. The number of rotatable bonds is 5. The highest BCUT2D eigenvalue weighted by atomic mass is 35.5. The average molecular weight is 425 g/mol. The van der Waals surface area contributed by atoms with Gasteiger partial charge in [0.2, 0.25) is 5.89 Å². The Morgan fingerprint density at radius 2 is 1.79 bits per heavy atom. The Morgan fingerprint density at radius 3 is 2.55 bits per heavy atom. The van der Waals surface area contributed by atoms with Crippen LogP contribution < -0.4 is 5.32 Å². The van der Waals surface area contributed by atoms with Crippen LogP contribution in [0, 0.1) is 6.92 Å². The van der Waals surface area contributed by atoms with Crippen LogP contribution in [0.5, 0.6) is 0 Å². The predicted molar refractivity (Wildman–Crippen MR) is 117 cm³/mol. The topological polar surface area (TPSA) is 55.1 Å². The molecule has 0 spiro atoms. The number of benzene rings is 3. The number of halogens is 2. The van der Waals surface area contributed by atoms with Crippen LogP contribution in [0.4, 0.5) is 0 Å². The van der Waals surface area contributed by atoms with E-state index in [-0.39, 0.29) is 5.91 Å². The number of oxazole rings is 1. The number of hydrogen-bond donors (Lipinski definition) is 1. The van der Waals surface area contributed by atoms with Crippen molar-refractivity contribution in [3.63, 3.8) is 0 Å². The van der Waals surface area contributed by atoms with E-state index in [9.17, 15) is 4.79 Å². The van der Waals surface area contributed by atoms with Crippen molar-refractivity contribution >= 4 is 40.2 Å². The van der Waals surface area contributed by atoms with Gasteiger partial charge in [0.15, 0.2) is 5.58 Å². The first-order valence-electron chi connectivity index (χ1n) is 9.20. The molecule has 1 amide bonds. The molecule has 0 saturated carbocycles.